The van der Waals surface area contributed by atoms with E-state index in [4.69, 9.17) is 0 Å². The molecule has 2 aromatic rings. The van der Waals surface area contributed by atoms with Crippen molar-refractivity contribution in [3.05, 3.63) is 78.2 Å². The molecular weight excluding hydrogens is 306 g/mol. The van der Waals surface area contributed by atoms with Crippen molar-refractivity contribution in [2.75, 3.05) is 13.1 Å². The van der Waals surface area contributed by atoms with E-state index < -0.39 is 0 Å². The molecule has 25 heavy (non-hydrogen) atoms. The van der Waals surface area contributed by atoms with Crippen LogP contribution in [0.25, 0.3) is 0 Å². The molecule has 0 saturated carbocycles. The van der Waals surface area contributed by atoms with E-state index in [1.54, 1.807) is 0 Å². The van der Waals surface area contributed by atoms with Gasteiger partial charge in [-0.1, -0.05) is 80.4 Å². The highest BCUT2D eigenvalue weighted by molar-refractivity contribution is 5.87. The van der Waals surface area contributed by atoms with E-state index in [1.165, 1.54) is 12.8 Å². The van der Waals surface area contributed by atoms with Crippen LogP contribution in [0.15, 0.2) is 60.7 Å². The molecule has 3 rings (SSSR count). The minimum Gasteiger partial charge on any atom is -0.342 e. The number of likely N-dealkylation sites (tertiary alicyclic amines) is 1. The van der Waals surface area contributed by atoms with Gasteiger partial charge in [-0.3, -0.25) is 4.79 Å². The standard InChI is InChI=1S/C23H28NO/c1-2-3-10-19-15-17-24(18-16-19)23(25)22(20-11-6-4-7-12-20)21-13-8-5-9-14-21/h4-14,19,22H,2-3,15-18H2,1H3. The van der Waals surface area contributed by atoms with Gasteiger partial charge in [0.05, 0.1) is 5.92 Å². The van der Waals surface area contributed by atoms with Crippen molar-refractivity contribution in [3.8, 4) is 0 Å². The van der Waals surface area contributed by atoms with Gasteiger partial charge in [0.2, 0.25) is 5.91 Å². The molecule has 1 heterocycles. The summed E-state index contributed by atoms with van der Waals surface area (Å²) in [5.41, 5.74) is 2.16. The number of carbonyl (C=O) groups excluding carboxylic acids is 1. The predicted molar refractivity (Wildman–Crippen MR) is 103 cm³/mol. The monoisotopic (exact) mass is 334 g/mol. The molecule has 0 aromatic heterocycles. The Labute approximate surface area is 151 Å². The third-order valence-electron chi connectivity index (χ3n) is 5.15. The first-order chi connectivity index (χ1) is 12.3. The highest BCUT2D eigenvalue weighted by Crippen LogP contribution is 2.29. The summed E-state index contributed by atoms with van der Waals surface area (Å²) in [5, 5.41) is 0. The molecule has 0 atom stereocenters. The van der Waals surface area contributed by atoms with Crippen molar-refractivity contribution in [1.29, 1.82) is 0 Å². The number of unbranched alkanes of at least 4 members (excludes halogenated alkanes) is 1. The average Bonchev–Trinajstić information content (AvgIpc) is 2.68. The topological polar surface area (TPSA) is 20.3 Å². The van der Waals surface area contributed by atoms with Crippen LogP contribution in [-0.4, -0.2) is 23.9 Å². The number of piperidine rings is 1. The molecule has 1 radical (unpaired) electrons. The summed E-state index contributed by atoms with van der Waals surface area (Å²) in [7, 11) is 0. The Morgan fingerprint density at radius 3 is 2.00 bits per heavy atom. The third kappa shape index (κ3) is 4.50. The van der Waals surface area contributed by atoms with Gasteiger partial charge < -0.3 is 4.90 Å². The largest absolute Gasteiger partial charge is 0.342 e. The van der Waals surface area contributed by atoms with Crippen molar-refractivity contribution in [2.45, 2.75) is 38.5 Å². The number of amides is 1. The van der Waals surface area contributed by atoms with Gasteiger partial charge in [0, 0.05) is 13.1 Å². The summed E-state index contributed by atoms with van der Waals surface area (Å²) < 4.78 is 0. The van der Waals surface area contributed by atoms with E-state index in [9.17, 15) is 4.79 Å². The fourth-order valence-electron chi connectivity index (χ4n) is 3.71. The molecule has 2 aromatic carbocycles. The summed E-state index contributed by atoms with van der Waals surface area (Å²) in [6, 6.07) is 20.4. The number of carbonyl (C=O) groups is 1. The Hall–Kier alpha value is -2.09. The Morgan fingerprint density at radius 1 is 1.00 bits per heavy atom. The predicted octanol–water partition coefficient (Wildman–Crippen LogP) is 5.06. The maximum atomic E-state index is 13.3. The second-order valence-corrected chi connectivity index (χ2v) is 6.94. The maximum Gasteiger partial charge on any atom is 0.234 e. The van der Waals surface area contributed by atoms with Gasteiger partial charge in [0.15, 0.2) is 0 Å². The Bertz CT molecular complexity index is 605. The van der Waals surface area contributed by atoms with Gasteiger partial charge in [0.25, 0.3) is 0 Å². The number of hydrogen-bond donors (Lipinski definition) is 0. The molecule has 0 spiro atoms. The molecule has 0 unspecified atom stereocenters. The van der Waals surface area contributed by atoms with Crippen LogP contribution in [-0.2, 0) is 4.79 Å². The Balaban J connectivity index is 1.75. The minimum absolute atomic E-state index is 0.196. The molecule has 0 aliphatic carbocycles. The first-order valence-electron chi connectivity index (χ1n) is 9.51. The zero-order valence-electron chi connectivity index (χ0n) is 15.1. The van der Waals surface area contributed by atoms with Gasteiger partial charge in [-0.05, 0) is 36.3 Å². The van der Waals surface area contributed by atoms with E-state index in [-0.39, 0.29) is 11.8 Å². The lowest BCUT2D eigenvalue weighted by Crippen LogP contribution is -2.41. The van der Waals surface area contributed by atoms with Crippen LogP contribution in [0, 0.1) is 12.3 Å². The number of hydrogen-bond acceptors (Lipinski definition) is 1. The molecule has 0 N–H and O–H groups in total. The Kier molecular flexibility index (Phi) is 6.27. The van der Waals surface area contributed by atoms with E-state index in [0.717, 1.165) is 37.1 Å². The first-order valence-corrected chi connectivity index (χ1v) is 9.51. The summed E-state index contributed by atoms with van der Waals surface area (Å²) in [4.78, 5) is 15.4. The molecule has 2 heteroatoms. The molecule has 1 aliphatic rings. The lowest BCUT2D eigenvalue weighted by molar-refractivity contribution is -0.133. The molecule has 0 bridgehead atoms. The quantitative estimate of drug-likeness (QED) is 0.723. The van der Waals surface area contributed by atoms with E-state index in [2.05, 4.69) is 42.5 Å². The van der Waals surface area contributed by atoms with Crippen LogP contribution in [0.1, 0.15) is 49.7 Å². The lowest BCUT2D eigenvalue weighted by atomic mass is 9.87. The first kappa shape index (κ1) is 17.7. The van der Waals surface area contributed by atoms with Crippen molar-refractivity contribution in [3.63, 3.8) is 0 Å². The second kappa shape index (κ2) is 8.84. The van der Waals surface area contributed by atoms with Crippen molar-refractivity contribution in [1.82, 2.24) is 4.90 Å². The molecule has 1 fully saturated rings. The highest BCUT2D eigenvalue weighted by atomic mass is 16.2. The van der Waals surface area contributed by atoms with Crippen molar-refractivity contribution < 1.29 is 4.79 Å². The van der Waals surface area contributed by atoms with E-state index in [0.29, 0.717) is 5.92 Å². The second-order valence-electron chi connectivity index (χ2n) is 6.94. The summed E-state index contributed by atoms with van der Waals surface area (Å²) in [6.45, 7) is 3.97. The van der Waals surface area contributed by atoms with E-state index >= 15 is 0 Å². The molecular formula is C23H28NO. The summed E-state index contributed by atoms with van der Waals surface area (Å²) in [6.07, 6.45) is 7.05. The minimum atomic E-state index is -0.196. The fourth-order valence-corrected chi connectivity index (χ4v) is 3.71. The van der Waals surface area contributed by atoms with Crippen LogP contribution in [0.4, 0.5) is 0 Å². The summed E-state index contributed by atoms with van der Waals surface area (Å²) >= 11 is 0. The molecule has 1 aliphatic heterocycles. The number of benzene rings is 2. The summed E-state index contributed by atoms with van der Waals surface area (Å²) in [5.74, 6) is 0.723. The van der Waals surface area contributed by atoms with Crippen molar-refractivity contribution in [2.24, 2.45) is 5.92 Å². The van der Waals surface area contributed by atoms with Crippen molar-refractivity contribution >= 4 is 5.91 Å². The molecule has 2 nitrogen and oxygen atoms in total. The van der Waals surface area contributed by atoms with Gasteiger partial charge in [-0.25, -0.2) is 0 Å². The van der Waals surface area contributed by atoms with Crippen LogP contribution < -0.4 is 0 Å². The van der Waals surface area contributed by atoms with Crippen LogP contribution in [0.5, 0.6) is 0 Å². The van der Waals surface area contributed by atoms with Gasteiger partial charge in [-0.15, -0.1) is 0 Å². The van der Waals surface area contributed by atoms with Gasteiger partial charge >= 0.3 is 0 Å². The highest BCUT2D eigenvalue weighted by Gasteiger charge is 2.30. The third-order valence-corrected chi connectivity index (χ3v) is 5.15. The average molecular weight is 334 g/mol. The zero-order valence-corrected chi connectivity index (χ0v) is 15.1. The molecule has 131 valence electrons. The van der Waals surface area contributed by atoms with Crippen LogP contribution >= 0.6 is 0 Å². The molecule has 1 amide bonds. The van der Waals surface area contributed by atoms with Crippen LogP contribution in [0.2, 0.25) is 0 Å². The zero-order chi connectivity index (χ0) is 17.5. The van der Waals surface area contributed by atoms with Gasteiger partial charge in [0.1, 0.15) is 0 Å². The maximum absolute atomic E-state index is 13.3. The normalized spacial score (nSPS) is 15.5. The van der Waals surface area contributed by atoms with E-state index in [1.807, 2.05) is 36.4 Å². The SMILES string of the molecule is CCC[CH]C1CCN(C(=O)C(c2ccccc2)c2ccccc2)CC1. The van der Waals surface area contributed by atoms with Crippen LogP contribution in [0.3, 0.4) is 0 Å². The lowest BCUT2D eigenvalue weighted by Gasteiger charge is -2.34. The number of rotatable bonds is 6. The number of nitrogens with zero attached hydrogens (tertiary/aromatic N) is 1. The van der Waals surface area contributed by atoms with Gasteiger partial charge in [-0.2, -0.15) is 0 Å². The molecule has 1 saturated heterocycles. The smallest absolute Gasteiger partial charge is 0.234 e. The Morgan fingerprint density at radius 2 is 1.52 bits per heavy atom. The fraction of sp³-hybridized carbons (Fsp3) is 0.391.